The van der Waals surface area contributed by atoms with Gasteiger partial charge in [-0.3, -0.25) is 19.7 Å². The molecule has 1 aliphatic rings. The lowest BCUT2D eigenvalue weighted by atomic mass is 10.1. The topological polar surface area (TPSA) is 110 Å². The van der Waals surface area contributed by atoms with E-state index in [0.717, 1.165) is 15.4 Å². The Kier molecular flexibility index (Phi) is 7.65. The van der Waals surface area contributed by atoms with Crippen LogP contribution < -0.4 is 5.32 Å². The van der Waals surface area contributed by atoms with Crippen LogP contribution in [0, 0.1) is 20.8 Å². The molecule has 0 spiro atoms. The number of benzene rings is 2. The van der Waals surface area contributed by atoms with E-state index < -0.39 is 40.5 Å². The van der Waals surface area contributed by atoms with Crippen molar-refractivity contribution < 1.29 is 27.5 Å². The van der Waals surface area contributed by atoms with Crippen molar-refractivity contribution in [3.05, 3.63) is 64.7 Å². The van der Waals surface area contributed by atoms with E-state index in [0.29, 0.717) is 24.0 Å². The van der Waals surface area contributed by atoms with Crippen molar-refractivity contribution in [2.45, 2.75) is 51.0 Å². The molecule has 1 N–H and O–H groups in total. The molecular formula is C24H28N2O6S. The molecule has 176 valence electrons. The maximum atomic E-state index is 13.4. The lowest BCUT2D eigenvalue weighted by Gasteiger charge is -2.24. The van der Waals surface area contributed by atoms with E-state index in [4.69, 9.17) is 4.74 Å². The highest BCUT2D eigenvalue weighted by Gasteiger charge is 2.41. The van der Waals surface area contributed by atoms with Crippen LogP contribution in [0.5, 0.6) is 0 Å². The van der Waals surface area contributed by atoms with Gasteiger partial charge in [-0.2, -0.15) is 4.31 Å². The minimum absolute atomic E-state index is 0.0183. The highest BCUT2D eigenvalue weighted by atomic mass is 32.2. The fraction of sp³-hybridized carbons (Fsp3) is 0.375. The molecule has 1 saturated heterocycles. The van der Waals surface area contributed by atoms with Crippen molar-refractivity contribution in [2.24, 2.45) is 0 Å². The fourth-order valence-corrected chi connectivity index (χ4v) is 6.27. The van der Waals surface area contributed by atoms with Gasteiger partial charge in [0.25, 0.3) is 5.91 Å². The SMILES string of the molecule is Cc1cc(C)c(S(=O)(=O)N2CCCC2C(=O)OCC(=O)NC(=O)Cc2ccccc2)c(C)c1. The Morgan fingerprint density at radius 2 is 1.67 bits per heavy atom. The number of sulfonamides is 1. The first kappa shape index (κ1) is 24.6. The first-order valence-electron chi connectivity index (χ1n) is 10.7. The van der Waals surface area contributed by atoms with Gasteiger partial charge in [-0.1, -0.05) is 48.0 Å². The van der Waals surface area contributed by atoms with Crippen molar-refractivity contribution in [1.82, 2.24) is 9.62 Å². The van der Waals surface area contributed by atoms with E-state index in [9.17, 15) is 22.8 Å². The molecule has 1 fully saturated rings. The quantitative estimate of drug-likeness (QED) is 0.619. The molecule has 1 heterocycles. The van der Waals surface area contributed by atoms with Crippen LogP contribution in [0.25, 0.3) is 0 Å². The highest BCUT2D eigenvalue weighted by Crippen LogP contribution is 2.31. The number of imide groups is 1. The molecule has 0 saturated carbocycles. The summed E-state index contributed by atoms with van der Waals surface area (Å²) in [5, 5.41) is 2.17. The second-order valence-corrected chi connectivity index (χ2v) is 10.1. The third-order valence-corrected chi connectivity index (χ3v) is 7.69. The molecular weight excluding hydrogens is 444 g/mol. The Labute approximate surface area is 194 Å². The van der Waals surface area contributed by atoms with E-state index >= 15 is 0 Å². The Hall–Kier alpha value is -3.04. The molecule has 0 aromatic heterocycles. The van der Waals surface area contributed by atoms with E-state index in [2.05, 4.69) is 5.32 Å². The first-order chi connectivity index (χ1) is 15.6. The van der Waals surface area contributed by atoms with E-state index in [1.165, 1.54) is 0 Å². The predicted octanol–water partition coefficient (Wildman–Crippen LogP) is 2.19. The van der Waals surface area contributed by atoms with Gasteiger partial charge in [0, 0.05) is 6.54 Å². The molecule has 3 rings (SSSR count). The summed E-state index contributed by atoms with van der Waals surface area (Å²) in [6.07, 6.45) is 0.825. The van der Waals surface area contributed by atoms with Gasteiger partial charge in [0.15, 0.2) is 6.61 Å². The summed E-state index contributed by atoms with van der Waals surface area (Å²) in [4.78, 5) is 36.9. The first-order valence-corrected chi connectivity index (χ1v) is 12.2. The van der Waals surface area contributed by atoms with E-state index in [-0.39, 0.29) is 17.9 Å². The smallest absolute Gasteiger partial charge is 0.324 e. The molecule has 2 aromatic carbocycles. The number of aryl methyl sites for hydroxylation is 3. The van der Waals surface area contributed by atoms with Crippen LogP contribution in [-0.4, -0.2) is 49.7 Å². The number of nitrogens with one attached hydrogen (secondary N) is 1. The average Bonchev–Trinajstić information content (AvgIpc) is 3.22. The van der Waals surface area contributed by atoms with Crippen LogP contribution in [0.15, 0.2) is 47.4 Å². The van der Waals surface area contributed by atoms with Crippen molar-refractivity contribution in [3.8, 4) is 0 Å². The summed E-state index contributed by atoms with van der Waals surface area (Å²) in [5.74, 6) is -2.08. The Balaban J connectivity index is 1.62. The van der Waals surface area contributed by atoms with Crippen molar-refractivity contribution in [1.29, 1.82) is 0 Å². The largest absolute Gasteiger partial charge is 0.454 e. The number of rotatable bonds is 7. The normalized spacial score (nSPS) is 16.4. The van der Waals surface area contributed by atoms with Gasteiger partial charge < -0.3 is 4.74 Å². The lowest BCUT2D eigenvalue weighted by Crippen LogP contribution is -2.43. The minimum atomic E-state index is -3.93. The number of esters is 1. The number of nitrogens with zero attached hydrogens (tertiary/aromatic N) is 1. The number of ether oxygens (including phenoxy) is 1. The molecule has 2 amide bonds. The summed E-state index contributed by atoms with van der Waals surface area (Å²) in [7, 11) is -3.93. The Bertz CT molecular complexity index is 1140. The molecule has 2 aromatic rings. The fourth-order valence-electron chi connectivity index (χ4n) is 4.20. The predicted molar refractivity (Wildman–Crippen MR) is 122 cm³/mol. The van der Waals surface area contributed by atoms with Gasteiger partial charge in [-0.05, 0) is 50.3 Å². The maximum Gasteiger partial charge on any atom is 0.324 e. The van der Waals surface area contributed by atoms with Gasteiger partial charge in [-0.25, -0.2) is 8.42 Å². The van der Waals surface area contributed by atoms with Crippen molar-refractivity contribution in [3.63, 3.8) is 0 Å². The molecule has 0 aliphatic carbocycles. The van der Waals surface area contributed by atoms with Crippen LogP contribution in [0.4, 0.5) is 0 Å². The monoisotopic (exact) mass is 472 g/mol. The standard InChI is InChI=1S/C24H28N2O6S/c1-16-12-17(2)23(18(3)13-16)33(30,31)26-11-7-10-20(26)24(29)32-15-22(28)25-21(27)14-19-8-5-4-6-9-19/h4-6,8-9,12-13,20H,7,10-11,14-15H2,1-3H3,(H,25,27,28). The van der Waals surface area contributed by atoms with Gasteiger partial charge >= 0.3 is 5.97 Å². The Morgan fingerprint density at radius 3 is 2.30 bits per heavy atom. The van der Waals surface area contributed by atoms with Gasteiger partial charge in [0.05, 0.1) is 11.3 Å². The molecule has 9 heteroatoms. The Morgan fingerprint density at radius 1 is 1.03 bits per heavy atom. The van der Waals surface area contributed by atoms with Gasteiger partial charge in [0.2, 0.25) is 15.9 Å². The second kappa shape index (κ2) is 10.3. The summed E-state index contributed by atoms with van der Waals surface area (Å²) >= 11 is 0. The third kappa shape index (κ3) is 5.85. The molecule has 0 bridgehead atoms. The summed E-state index contributed by atoms with van der Waals surface area (Å²) in [5.41, 5.74) is 2.92. The van der Waals surface area contributed by atoms with Crippen LogP contribution in [0.1, 0.15) is 35.1 Å². The van der Waals surface area contributed by atoms with Crippen LogP contribution in [-0.2, 0) is 35.6 Å². The summed E-state index contributed by atoms with van der Waals surface area (Å²) < 4.78 is 32.9. The maximum absolute atomic E-state index is 13.4. The summed E-state index contributed by atoms with van der Waals surface area (Å²) in [6, 6.07) is 11.5. The van der Waals surface area contributed by atoms with Crippen LogP contribution >= 0.6 is 0 Å². The number of carbonyl (C=O) groups is 3. The molecule has 8 nitrogen and oxygen atoms in total. The van der Waals surface area contributed by atoms with Crippen LogP contribution in [0.3, 0.4) is 0 Å². The molecule has 33 heavy (non-hydrogen) atoms. The van der Waals surface area contributed by atoms with Crippen LogP contribution in [0.2, 0.25) is 0 Å². The second-order valence-electron chi connectivity index (χ2n) is 8.24. The van der Waals surface area contributed by atoms with Crippen molar-refractivity contribution >= 4 is 27.8 Å². The average molecular weight is 473 g/mol. The molecule has 1 atom stereocenters. The number of carbonyl (C=O) groups excluding carboxylic acids is 3. The number of amides is 2. The number of hydrogen-bond donors (Lipinski definition) is 1. The molecule has 1 aliphatic heterocycles. The van der Waals surface area contributed by atoms with E-state index in [1.54, 1.807) is 50.2 Å². The van der Waals surface area contributed by atoms with Gasteiger partial charge in [0.1, 0.15) is 6.04 Å². The zero-order valence-corrected chi connectivity index (χ0v) is 19.8. The zero-order chi connectivity index (χ0) is 24.2. The van der Waals surface area contributed by atoms with Gasteiger partial charge in [-0.15, -0.1) is 0 Å². The highest BCUT2D eigenvalue weighted by molar-refractivity contribution is 7.89. The summed E-state index contributed by atoms with van der Waals surface area (Å²) in [6.45, 7) is 4.88. The number of hydrogen-bond acceptors (Lipinski definition) is 6. The molecule has 0 radical (unpaired) electrons. The molecule has 1 unspecified atom stereocenters. The van der Waals surface area contributed by atoms with Crippen molar-refractivity contribution in [2.75, 3.05) is 13.2 Å². The minimum Gasteiger partial charge on any atom is -0.454 e. The lowest BCUT2D eigenvalue weighted by molar-refractivity contribution is -0.152. The third-order valence-electron chi connectivity index (χ3n) is 5.48. The zero-order valence-electron chi connectivity index (χ0n) is 19.0. The van der Waals surface area contributed by atoms with E-state index in [1.807, 2.05) is 13.0 Å².